The van der Waals surface area contributed by atoms with Crippen molar-refractivity contribution >= 4 is 17.5 Å². The van der Waals surface area contributed by atoms with Crippen LogP contribution in [0.4, 0.5) is 4.39 Å². The summed E-state index contributed by atoms with van der Waals surface area (Å²) in [6.07, 6.45) is 3.90. The Morgan fingerprint density at radius 3 is 2.48 bits per heavy atom. The number of hydrogen-bond acceptors (Lipinski definition) is 3. The molecule has 1 aromatic heterocycles. The van der Waals surface area contributed by atoms with Gasteiger partial charge in [0.15, 0.2) is 0 Å². The van der Waals surface area contributed by atoms with Crippen molar-refractivity contribution in [1.29, 1.82) is 0 Å². The van der Waals surface area contributed by atoms with Crippen LogP contribution in [0.5, 0.6) is 0 Å². The van der Waals surface area contributed by atoms with E-state index in [0.29, 0.717) is 18.3 Å². The first-order valence-electron chi connectivity index (χ1n) is 7.05. The molecular weight excluding hydrogens is 301 g/mol. The van der Waals surface area contributed by atoms with Gasteiger partial charge in [0.2, 0.25) is 0 Å². The number of carbonyl (C=O) groups is 2. The summed E-state index contributed by atoms with van der Waals surface area (Å²) in [7, 11) is 0. The van der Waals surface area contributed by atoms with E-state index in [0.717, 1.165) is 18.4 Å². The van der Waals surface area contributed by atoms with Crippen molar-refractivity contribution in [2.45, 2.75) is 19.4 Å². The molecule has 0 bridgehead atoms. The van der Waals surface area contributed by atoms with Crippen LogP contribution >= 0.6 is 0 Å². The first-order chi connectivity index (χ1) is 11.0. The van der Waals surface area contributed by atoms with Gasteiger partial charge >= 0.3 is 5.97 Å². The molecule has 6 heteroatoms. The minimum absolute atomic E-state index is 0.278. The molecule has 2 N–H and O–H groups in total. The van der Waals surface area contributed by atoms with Crippen LogP contribution in [0.1, 0.15) is 17.7 Å². The Balaban J connectivity index is 1.99. The van der Waals surface area contributed by atoms with E-state index in [2.05, 4.69) is 0 Å². The number of aliphatic carboxylic acids is 1. The Hall–Kier alpha value is -2.89. The maximum Gasteiger partial charge on any atom is 0.376 e. The van der Waals surface area contributed by atoms with Crippen LogP contribution in [0.3, 0.4) is 0 Å². The molecule has 0 aliphatic heterocycles. The molecule has 0 unspecified atom stereocenters. The number of aromatic nitrogens is 1. The summed E-state index contributed by atoms with van der Waals surface area (Å²) in [6.45, 7) is 0.568. The third-order valence-electron chi connectivity index (χ3n) is 3.35. The van der Waals surface area contributed by atoms with Crippen molar-refractivity contribution in [3.8, 4) is 0 Å². The van der Waals surface area contributed by atoms with Crippen molar-refractivity contribution in [2.24, 2.45) is 0 Å². The van der Waals surface area contributed by atoms with E-state index < -0.39 is 11.8 Å². The van der Waals surface area contributed by atoms with Crippen LogP contribution in [0.25, 0.3) is 5.76 Å². The smallest absolute Gasteiger partial charge is 0.376 e. The van der Waals surface area contributed by atoms with Gasteiger partial charge in [0.05, 0.1) is 5.69 Å². The lowest BCUT2D eigenvalue weighted by Gasteiger charge is -2.08. The molecule has 1 heterocycles. The molecule has 23 heavy (non-hydrogen) atoms. The summed E-state index contributed by atoms with van der Waals surface area (Å²) in [4.78, 5) is 21.6. The standard InChI is InChI=1S/C17H16FNO4/c18-13-7-5-12(6-8-13)3-1-9-19-10-2-4-14(19)15(20)11-16(21)17(22)23/h2,4-8,10-11,20H,1,3,9H2,(H,22,23)/b15-11-. The fourth-order valence-electron chi connectivity index (χ4n) is 2.21. The lowest BCUT2D eigenvalue weighted by atomic mass is 10.1. The number of aryl methyl sites for hydroxylation is 2. The van der Waals surface area contributed by atoms with Gasteiger partial charge < -0.3 is 14.8 Å². The molecule has 0 spiro atoms. The Morgan fingerprint density at radius 2 is 1.83 bits per heavy atom. The predicted molar refractivity (Wildman–Crippen MR) is 82.4 cm³/mol. The molecule has 5 nitrogen and oxygen atoms in total. The van der Waals surface area contributed by atoms with Crippen molar-refractivity contribution in [2.75, 3.05) is 0 Å². The second kappa shape index (κ2) is 7.40. The summed E-state index contributed by atoms with van der Waals surface area (Å²) in [5, 5.41) is 18.4. The second-order valence-electron chi connectivity index (χ2n) is 5.02. The minimum atomic E-state index is -1.62. The van der Waals surface area contributed by atoms with Crippen molar-refractivity contribution in [1.82, 2.24) is 4.57 Å². The van der Waals surface area contributed by atoms with Crippen molar-refractivity contribution < 1.29 is 24.2 Å². The number of benzene rings is 1. The number of nitrogens with zero attached hydrogens (tertiary/aromatic N) is 1. The minimum Gasteiger partial charge on any atom is -0.506 e. The Labute approximate surface area is 132 Å². The van der Waals surface area contributed by atoms with Crippen LogP contribution in [0, 0.1) is 5.82 Å². The highest BCUT2D eigenvalue weighted by atomic mass is 19.1. The fourth-order valence-corrected chi connectivity index (χ4v) is 2.21. The third-order valence-corrected chi connectivity index (χ3v) is 3.35. The van der Waals surface area contributed by atoms with Gasteiger partial charge in [-0.25, -0.2) is 9.18 Å². The summed E-state index contributed by atoms with van der Waals surface area (Å²) < 4.78 is 14.6. The molecule has 2 rings (SSSR count). The molecule has 0 saturated carbocycles. The molecule has 0 radical (unpaired) electrons. The molecule has 0 aliphatic carbocycles. The highest BCUT2D eigenvalue weighted by Gasteiger charge is 2.12. The molecule has 0 aliphatic rings. The van der Waals surface area contributed by atoms with E-state index in [9.17, 15) is 19.1 Å². The molecule has 0 fully saturated rings. The van der Waals surface area contributed by atoms with Gasteiger partial charge in [-0.1, -0.05) is 12.1 Å². The highest BCUT2D eigenvalue weighted by Crippen LogP contribution is 2.14. The van der Waals surface area contributed by atoms with Crippen LogP contribution in [0.2, 0.25) is 0 Å². The number of carboxylic acid groups (broad SMARTS) is 1. The van der Waals surface area contributed by atoms with Crippen LogP contribution < -0.4 is 0 Å². The lowest BCUT2D eigenvalue weighted by Crippen LogP contribution is -2.10. The highest BCUT2D eigenvalue weighted by molar-refractivity contribution is 6.38. The zero-order chi connectivity index (χ0) is 16.8. The zero-order valence-electron chi connectivity index (χ0n) is 12.3. The Morgan fingerprint density at radius 1 is 1.13 bits per heavy atom. The topological polar surface area (TPSA) is 79.5 Å². The van der Waals surface area contributed by atoms with Crippen molar-refractivity contribution in [3.05, 3.63) is 65.7 Å². The fraction of sp³-hybridized carbons (Fsp3) is 0.176. The normalized spacial score (nSPS) is 11.4. The number of aliphatic hydroxyl groups excluding tert-OH is 1. The summed E-state index contributed by atoms with van der Waals surface area (Å²) >= 11 is 0. The SMILES string of the molecule is O=C(O)C(=O)/C=C(\O)c1cccn1CCCc1ccc(F)cc1. The first kappa shape index (κ1) is 16.5. The molecule has 2 aromatic rings. The van der Waals surface area contributed by atoms with Crippen molar-refractivity contribution in [3.63, 3.8) is 0 Å². The van der Waals surface area contributed by atoms with Gasteiger partial charge in [0.25, 0.3) is 5.78 Å². The number of aliphatic hydroxyl groups is 1. The predicted octanol–water partition coefficient (Wildman–Crippen LogP) is 2.81. The average molecular weight is 317 g/mol. The van der Waals surface area contributed by atoms with Gasteiger partial charge in [0, 0.05) is 18.8 Å². The zero-order valence-corrected chi connectivity index (χ0v) is 12.3. The maximum absolute atomic E-state index is 12.8. The van der Waals surface area contributed by atoms with Gasteiger partial charge in [-0.3, -0.25) is 4.79 Å². The van der Waals surface area contributed by atoms with E-state index in [1.807, 2.05) is 0 Å². The van der Waals surface area contributed by atoms with Gasteiger partial charge in [-0.05, 0) is 42.7 Å². The Kier molecular flexibility index (Phi) is 5.30. The van der Waals surface area contributed by atoms with Crippen LogP contribution in [-0.2, 0) is 22.6 Å². The van der Waals surface area contributed by atoms with E-state index in [1.165, 1.54) is 12.1 Å². The molecule has 0 atom stereocenters. The number of hydrogen-bond donors (Lipinski definition) is 2. The first-order valence-corrected chi connectivity index (χ1v) is 7.05. The molecule has 120 valence electrons. The quantitative estimate of drug-likeness (QED) is 0.467. The molecule has 1 aromatic carbocycles. The molecular formula is C17H16FNO4. The number of carbonyl (C=O) groups excluding carboxylic acids is 1. The number of halogens is 1. The number of carboxylic acids is 1. The number of ketones is 1. The lowest BCUT2D eigenvalue weighted by molar-refractivity contribution is -0.146. The monoisotopic (exact) mass is 317 g/mol. The van der Waals surface area contributed by atoms with Gasteiger partial charge in [-0.2, -0.15) is 0 Å². The second-order valence-corrected chi connectivity index (χ2v) is 5.02. The van der Waals surface area contributed by atoms with Gasteiger partial charge in [0.1, 0.15) is 11.6 Å². The van der Waals surface area contributed by atoms with E-state index >= 15 is 0 Å². The van der Waals surface area contributed by atoms with Crippen LogP contribution in [-0.4, -0.2) is 26.5 Å². The van der Waals surface area contributed by atoms with E-state index in [-0.39, 0.29) is 11.6 Å². The van der Waals surface area contributed by atoms with Gasteiger partial charge in [-0.15, -0.1) is 0 Å². The third kappa shape index (κ3) is 4.54. The maximum atomic E-state index is 12.8. The number of rotatable bonds is 7. The molecule has 0 amide bonds. The summed E-state index contributed by atoms with van der Waals surface area (Å²) in [6, 6.07) is 9.54. The van der Waals surface area contributed by atoms with E-state index in [1.54, 1.807) is 35.0 Å². The summed E-state index contributed by atoms with van der Waals surface area (Å²) in [5.41, 5.74) is 1.37. The van der Waals surface area contributed by atoms with Crippen LogP contribution in [0.15, 0.2) is 48.7 Å². The average Bonchev–Trinajstić information content (AvgIpc) is 2.97. The Bertz CT molecular complexity index is 731. The largest absolute Gasteiger partial charge is 0.506 e. The van der Waals surface area contributed by atoms with E-state index in [4.69, 9.17) is 5.11 Å². The molecule has 0 saturated heterocycles. The summed E-state index contributed by atoms with van der Waals surface area (Å²) in [5.74, 6) is -3.46.